The number of alkyl halides is 1. The molecule has 0 saturated heterocycles. The summed E-state index contributed by atoms with van der Waals surface area (Å²) < 4.78 is 4.88. The van der Waals surface area contributed by atoms with Crippen LogP contribution in [-0.4, -0.2) is 22.0 Å². The number of esters is 1. The number of hydrogen-bond donors (Lipinski definition) is 0. The second kappa shape index (κ2) is 8.79. The SMILES string of the molecule is CC(CCl)C(=O)Oc1ccc(CO[O-])nn1.[Na+]. The van der Waals surface area contributed by atoms with Gasteiger partial charge in [-0.1, -0.05) is 6.92 Å². The molecule has 0 N–H and O–H groups in total. The molecular weight excluding hydrogens is 259 g/mol. The second-order valence-electron chi connectivity index (χ2n) is 3.10. The van der Waals surface area contributed by atoms with E-state index in [-0.39, 0.29) is 47.9 Å². The van der Waals surface area contributed by atoms with Gasteiger partial charge in [0, 0.05) is 11.9 Å². The standard InChI is InChI=1S/C9H11ClN2O4.Na/c1-6(4-10)9(13)16-8-3-2-7(5-15-14)11-12-8;/h2-3,6,14H,4-5H2,1H3;/q;+1/p-1. The molecule has 1 heterocycles. The van der Waals surface area contributed by atoms with Gasteiger partial charge in [-0.05, 0) is 6.07 Å². The Bertz CT molecular complexity index is 349. The van der Waals surface area contributed by atoms with Crippen LogP contribution in [0.3, 0.4) is 0 Å². The molecule has 0 amide bonds. The van der Waals surface area contributed by atoms with E-state index >= 15 is 0 Å². The number of nitrogens with zero attached hydrogens (tertiary/aromatic N) is 2. The largest absolute Gasteiger partial charge is 1.00 e. The van der Waals surface area contributed by atoms with Gasteiger partial charge < -0.3 is 14.9 Å². The van der Waals surface area contributed by atoms with Crippen molar-refractivity contribution in [1.29, 1.82) is 0 Å². The maximum absolute atomic E-state index is 11.3. The van der Waals surface area contributed by atoms with E-state index in [1.54, 1.807) is 6.92 Å². The van der Waals surface area contributed by atoms with E-state index in [4.69, 9.17) is 16.3 Å². The molecule has 1 aromatic rings. The Kier molecular flexibility index (Phi) is 8.67. The van der Waals surface area contributed by atoms with Crippen LogP contribution >= 0.6 is 11.6 Å². The van der Waals surface area contributed by atoms with Gasteiger partial charge in [-0.3, -0.25) is 4.79 Å². The van der Waals surface area contributed by atoms with E-state index in [2.05, 4.69) is 15.1 Å². The Morgan fingerprint density at radius 3 is 2.71 bits per heavy atom. The summed E-state index contributed by atoms with van der Waals surface area (Å²) in [5.74, 6) is -0.643. The normalized spacial score (nSPS) is 11.5. The van der Waals surface area contributed by atoms with Gasteiger partial charge in [-0.25, -0.2) is 0 Å². The third-order valence-corrected chi connectivity index (χ3v) is 2.20. The summed E-state index contributed by atoms with van der Waals surface area (Å²) in [7, 11) is 0. The van der Waals surface area contributed by atoms with Gasteiger partial charge in [-0.2, -0.15) is 0 Å². The minimum Gasteiger partial charge on any atom is -0.723 e. The molecule has 1 unspecified atom stereocenters. The fraction of sp³-hybridized carbons (Fsp3) is 0.444. The van der Waals surface area contributed by atoms with Crippen LogP contribution in [0.4, 0.5) is 0 Å². The summed E-state index contributed by atoms with van der Waals surface area (Å²) in [6, 6.07) is 2.92. The van der Waals surface area contributed by atoms with Crippen LogP contribution in [-0.2, 0) is 16.3 Å². The van der Waals surface area contributed by atoms with Crippen LogP contribution in [0.25, 0.3) is 0 Å². The molecule has 6 nitrogen and oxygen atoms in total. The number of aromatic nitrogens is 2. The van der Waals surface area contributed by atoms with Crippen molar-refractivity contribution < 1.29 is 49.2 Å². The van der Waals surface area contributed by atoms with E-state index in [0.29, 0.717) is 5.69 Å². The number of ether oxygens (including phenoxy) is 1. The molecule has 0 saturated carbocycles. The van der Waals surface area contributed by atoms with Crippen molar-refractivity contribution in [1.82, 2.24) is 10.2 Å². The van der Waals surface area contributed by atoms with Crippen molar-refractivity contribution in [2.24, 2.45) is 5.92 Å². The van der Waals surface area contributed by atoms with Gasteiger partial charge in [0.2, 0.25) is 5.88 Å². The molecule has 1 atom stereocenters. The first kappa shape index (κ1) is 16.8. The van der Waals surface area contributed by atoms with Crippen molar-refractivity contribution in [3.63, 3.8) is 0 Å². The summed E-state index contributed by atoms with van der Waals surface area (Å²) in [4.78, 5) is 14.9. The molecule has 0 aromatic carbocycles. The zero-order valence-electron chi connectivity index (χ0n) is 9.55. The van der Waals surface area contributed by atoms with Crippen LogP contribution in [0.15, 0.2) is 12.1 Å². The first-order chi connectivity index (χ1) is 7.67. The van der Waals surface area contributed by atoms with Crippen LogP contribution in [0.1, 0.15) is 12.6 Å². The number of carbonyl (C=O) groups is 1. The quantitative estimate of drug-likeness (QED) is 0.187. The third kappa shape index (κ3) is 5.76. The van der Waals surface area contributed by atoms with Gasteiger partial charge in [0.1, 0.15) is 0 Å². The van der Waals surface area contributed by atoms with Crippen LogP contribution in [0.5, 0.6) is 5.88 Å². The molecule has 0 radical (unpaired) electrons. The number of hydrogen-bond acceptors (Lipinski definition) is 6. The van der Waals surface area contributed by atoms with Crippen LogP contribution < -0.4 is 39.6 Å². The number of carbonyl (C=O) groups excluding carboxylic acids is 1. The predicted octanol–water partition coefficient (Wildman–Crippen LogP) is -2.95. The van der Waals surface area contributed by atoms with Gasteiger partial charge >= 0.3 is 35.5 Å². The van der Waals surface area contributed by atoms with Crippen molar-refractivity contribution in [3.8, 4) is 5.88 Å². The van der Waals surface area contributed by atoms with E-state index in [1.165, 1.54) is 12.1 Å². The first-order valence-electron chi connectivity index (χ1n) is 4.52. The molecule has 1 aromatic heterocycles. The molecular formula is C9H10ClN2NaO4. The van der Waals surface area contributed by atoms with E-state index in [9.17, 15) is 10.1 Å². The number of halogens is 1. The fourth-order valence-corrected chi connectivity index (χ4v) is 0.932. The zero-order chi connectivity index (χ0) is 12.0. The van der Waals surface area contributed by atoms with Crippen LogP contribution in [0, 0.1) is 5.92 Å². The first-order valence-corrected chi connectivity index (χ1v) is 5.06. The monoisotopic (exact) mass is 268 g/mol. The van der Waals surface area contributed by atoms with Gasteiger partial charge in [0.25, 0.3) is 0 Å². The molecule has 0 aliphatic heterocycles. The summed E-state index contributed by atoms with van der Waals surface area (Å²) in [5.41, 5.74) is 0.361. The summed E-state index contributed by atoms with van der Waals surface area (Å²) >= 11 is 5.49. The summed E-state index contributed by atoms with van der Waals surface area (Å²) in [5, 5.41) is 17.0. The Hall–Kier alpha value is -0.240. The van der Waals surface area contributed by atoms with Gasteiger partial charge in [-0.15, -0.1) is 21.8 Å². The fourth-order valence-electron chi connectivity index (χ4n) is 0.806. The van der Waals surface area contributed by atoms with Crippen molar-refractivity contribution in [3.05, 3.63) is 17.8 Å². The maximum Gasteiger partial charge on any atom is 1.00 e. The van der Waals surface area contributed by atoms with E-state index in [1.807, 2.05) is 0 Å². The minimum atomic E-state index is -0.475. The topological polar surface area (TPSA) is 84.4 Å². The van der Waals surface area contributed by atoms with Gasteiger partial charge in [0.05, 0.1) is 18.2 Å². The Morgan fingerprint density at radius 2 is 2.24 bits per heavy atom. The van der Waals surface area contributed by atoms with Crippen molar-refractivity contribution in [2.45, 2.75) is 13.5 Å². The van der Waals surface area contributed by atoms with Crippen LogP contribution in [0.2, 0.25) is 0 Å². The second-order valence-corrected chi connectivity index (χ2v) is 3.41. The number of rotatable bonds is 5. The van der Waals surface area contributed by atoms with Crippen molar-refractivity contribution >= 4 is 17.6 Å². The molecule has 1 rings (SSSR count). The summed E-state index contributed by atoms with van der Waals surface area (Å²) in [6.07, 6.45) is 0. The predicted molar refractivity (Wildman–Crippen MR) is 52.3 cm³/mol. The molecule has 0 aliphatic rings. The Labute approximate surface area is 125 Å². The van der Waals surface area contributed by atoms with E-state index < -0.39 is 11.9 Å². The average molecular weight is 269 g/mol. The smallest absolute Gasteiger partial charge is 0.723 e. The third-order valence-electron chi connectivity index (χ3n) is 1.74. The molecule has 0 fully saturated rings. The minimum absolute atomic E-state index is 0. The molecule has 0 spiro atoms. The Morgan fingerprint density at radius 1 is 1.53 bits per heavy atom. The average Bonchev–Trinajstić information content (AvgIpc) is 2.31. The molecule has 0 aliphatic carbocycles. The maximum atomic E-state index is 11.3. The Balaban J connectivity index is 0.00000256. The van der Waals surface area contributed by atoms with Gasteiger partial charge in [0.15, 0.2) is 0 Å². The van der Waals surface area contributed by atoms with E-state index in [0.717, 1.165) is 0 Å². The molecule has 0 bridgehead atoms. The molecule has 88 valence electrons. The summed E-state index contributed by atoms with van der Waals surface area (Å²) in [6.45, 7) is 1.46. The van der Waals surface area contributed by atoms with Crippen molar-refractivity contribution in [2.75, 3.05) is 5.88 Å². The zero-order valence-corrected chi connectivity index (χ0v) is 12.3. The molecule has 17 heavy (non-hydrogen) atoms. The molecule has 8 heteroatoms.